The molecule has 45 heavy (non-hydrogen) atoms. The molecular weight excluding hydrogens is 591 g/mol. The lowest BCUT2D eigenvalue weighted by Crippen LogP contribution is -2.32. The number of carbonyl (C=O) groups excluding carboxylic acids is 2. The second-order valence-corrected chi connectivity index (χ2v) is 11.5. The van der Waals surface area contributed by atoms with Crippen LogP contribution < -0.4 is 22.1 Å². The maximum atomic E-state index is 13.5. The highest BCUT2D eigenvalue weighted by Gasteiger charge is 2.25. The third-order valence-corrected chi connectivity index (χ3v) is 8.09. The normalized spacial score (nSPS) is 11.7. The predicted octanol–water partition coefficient (Wildman–Crippen LogP) is 4.65. The average molecular weight is 625 g/mol. The highest BCUT2D eigenvalue weighted by molar-refractivity contribution is 7.99. The topological polar surface area (TPSA) is 165 Å². The Morgan fingerprint density at radius 1 is 0.933 bits per heavy atom. The lowest BCUT2D eigenvalue weighted by Gasteiger charge is -2.19. The number of aromatic nitrogens is 3. The Balaban J connectivity index is 1.48. The lowest BCUT2D eigenvalue weighted by atomic mass is 10.1. The van der Waals surface area contributed by atoms with Gasteiger partial charge in [0.1, 0.15) is 17.7 Å². The fourth-order valence-electron chi connectivity index (χ4n) is 4.97. The number of hydrogen-bond donors (Lipinski definition) is 5. The van der Waals surface area contributed by atoms with Crippen LogP contribution in [0.15, 0.2) is 101 Å². The molecule has 0 aliphatic heterocycles. The Bertz CT molecular complexity index is 1810. The van der Waals surface area contributed by atoms with Crippen LogP contribution in [0.5, 0.6) is 0 Å². The van der Waals surface area contributed by atoms with Crippen LogP contribution in [0.4, 0.5) is 4.39 Å². The maximum Gasteiger partial charge on any atom is 0.251 e. The molecule has 2 aromatic heterocycles. The Hall–Kier alpha value is -5.23. The van der Waals surface area contributed by atoms with E-state index in [-0.39, 0.29) is 17.7 Å². The van der Waals surface area contributed by atoms with Crippen LogP contribution >= 0.6 is 11.8 Å². The number of halogens is 1. The SMILES string of the molecule is N=C(N)NCCC[C@@H](C(N)=O)n1c(-c2cccc(Sc3ccc(F)cc3)c2)nc2cc(C(=O)NCCc3ccccn3)ccc21. The lowest BCUT2D eigenvalue weighted by molar-refractivity contribution is -0.121. The van der Waals surface area contributed by atoms with Gasteiger partial charge in [-0.25, -0.2) is 9.37 Å². The molecule has 2 amide bonds. The molecule has 0 spiro atoms. The molecule has 0 saturated carbocycles. The van der Waals surface area contributed by atoms with Crippen LogP contribution in [0.2, 0.25) is 0 Å². The van der Waals surface area contributed by atoms with E-state index >= 15 is 0 Å². The van der Waals surface area contributed by atoms with Gasteiger partial charge in [-0.3, -0.25) is 20.0 Å². The smallest absolute Gasteiger partial charge is 0.251 e. The first kappa shape index (κ1) is 31.2. The van der Waals surface area contributed by atoms with E-state index in [1.165, 1.54) is 23.9 Å². The molecule has 0 fully saturated rings. The van der Waals surface area contributed by atoms with Gasteiger partial charge in [0, 0.05) is 52.3 Å². The minimum Gasteiger partial charge on any atom is -0.370 e. The van der Waals surface area contributed by atoms with E-state index in [9.17, 15) is 14.0 Å². The number of primary amides is 1. The summed E-state index contributed by atoms with van der Waals surface area (Å²) >= 11 is 1.47. The number of hydrogen-bond acceptors (Lipinski definition) is 6. The summed E-state index contributed by atoms with van der Waals surface area (Å²) in [5.74, 6) is -0.725. The molecule has 7 N–H and O–H groups in total. The van der Waals surface area contributed by atoms with Gasteiger partial charge in [0.2, 0.25) is 5.91 Å². The number of nitrogens with zero attached hydrogens (tertiary/aromatic N) is 3. The fraction of sp³-hybridized carbons (Fsp3) is 0.182. The molecule has 0 unspecified atom stereocenters. The second kappa shape index (κ2) is 14.5. The van der Waals surface area contributed by atoms with Gasteiger partial charge in [0.15, 0.2) is 5.96 Å². The molecule has 0 aliphatic rings. The molecule has 5 rings (SSSR count). The van der Waals surface area contributed by atoms with Crippen LogP contribution in [0.1, 0.15) is 34.9 Å². The number of benzene rings is 3. The van der Waals surface area contributed by atoms with Gasteiger partial charge >= 0.3 is 0 Å². The second-order valence-electron chi connectivity index (χ2n) is 10.3. The third kappa shape index (κ3) is 8.03. The average Bonchev–Trinajstić information content (AvgIpc) is 3.41. The third-order valence-electron chi connectivity index (χ3n) is 7.10. The Labute approximate surface area is 264 Å². The largest absolute Gasteiger partial charge is 0.370 e. The summed E-state index contributed by atoms with van der Waals surface area (Å²) in [6, 6.07) is 24.0. The van der Waals surface area contributed by atoms with E-state index in [2.05, 4.69) is 15.6 Å². The van der Waals surface area contributed by atoms with E-state index < -0.39 is 11.9 Å². The molecule has 5 aromatic rings. The van der Waals surface area contributed by atoms with Gasteiger partial charge in [0.25, 0.3) is 5.91 Å². The van der Waals surface area contributed by atoms with E-state index in [4.69, 9.17) is 21.9 Å². The number of guanidine groups is 1. The monoisotopic (exact) mass is 624 g/mol. The van der Waals surface area contributed by atoms with Crippen molar-refractivity contribution in [2.75, 3.05) is 13.1 Å². The van der Waals surface area contributed by atoms with Gasteiger partial charge in [-0.15, -0.1) is 0 Å². The van der Waals surface area contributed by atoms with Crippen molar-refractivity contribution in [3.8, 4) is 11.4 Å². The number of nitrogens with two attached hydrogens (primary N) is 2. The maximum absolute atomic E-state index is 13.5. The minimum atomic E-state index is -0.759. The van der Waals surface area contributed by atoms with Crippen molar-refractivity contribution in [3.63, 3.8) is 0 Å². The number of imidazole rings is 1. The van der Waals surface area contributed by atoms with Crippen LogP contribution in [-0.2, 0) is 11.2 Å². The molecule has 0 bridgehead atoms. The standard InChI is InChI=1S/C33H33FN8O2S/c34-23-10-12-25(13-11-23)45-26-7-3-5-21(19-26)31-41-27-20-22(32(44)39-18-15-24-6-1-2-16-38-24)9-14-28(27)42(31)29(30(35)43)8-4-17-40-33(36)37/h1-3,5-7,9-14,16,19-20,29H,4,8,15,17-18H2,(H2,35,43)(H,39,44)(H4,36,37,40)/t29-/m0/s1. The summed E-state index contributed by atoms with van der Waals surface area (Å²) in [5, 5.41) is 13.1. The number of nitrogens with one attached hydrogen (secondary N) is 3. The van der Waals surface area contributed by atoms with Crippen molar-refractivity contribution in [1.29, 1.82) is 5.41 Å². The van der Waals surface area contributed by atoms with Gasteiger partial charge in [-0.05, 0) is 79.6 Å². The Kier molecular flexibility index (Phi) is 10.1. The molecule has 3 aromatic carbocycles. The van der Waals surface area contributed by atoms with Crippen LogP contribution in [0.3, 0.4) is 0 Å². The Morgan fingerprint density at radius 2 is 1.76 bits per heavy atom. The number of pyridine rings is 1. The molecule has 2 heterocycles. The van der Waals surface area contributed by atoms with Crippen LogP contribution in [-0.4, -0.2) is 45.4 Å². The molecule has 0 aliphatic carbocycles. The van der Waals surface area contributed by atoms with E-state index in [1.807, 2.05) is 47.0 Å². The van der Waals surface area contributed by atoms with Gasteiger partial charge < -0.3 is 26.7 Å². The molecular formula is C33H33FN8O2S. The molecule has 0 radical (unpaired) electrons. The molecule has 1 atom stereocenters. The number of rotatable bonds is 13. The first-order chi connectivity index (χ1) is 21.8. The summed E-state index contributed by atoms with van der Waals surface area (Å²) in [7, 11) is 0. The summed E-state index contributed by atoms with van der Waals surface area (Å²) in [4.78, 5) is 36.9. The van der Waals surface area contributed by atoms with Crippen LogP contribution in [0.25, 0.3) is 22.4 Å². The van der Waals surface area contributed by atoms with Gasteiger partial charge in [-0.2, -0.15) is 0 Å². The fourth-order valence-corrected chi connectivity index (χ4v) is 5.84. The van der Waals surface area contributed by atoms with E-state index in [1.54, 1.807) is 36.5 Å². The first-order valence-electron chi connectivity index (χ1n) is 14.4. The molecule has 10 nitrogen and oxygen atoms in total. The number of amides is 2. The predicted molar refractivity (Wildman–Crippen MR) is 173 cm³/mol. The Morgan fingerprint density at radius 3 is 2.49 bits per heavy atom. The molecule has 12 heteroatoms. The summed E-state index contributed by atoms with van der Waals surface area (Å²) in [6.45, 7) is 0.817. The van der Waals surface area contributed by atoms with E-state index in [0.717, 1.165) is 21.0 Å². The van der Waals surface area contributed by atoms with Gasteiger partial charge in [0.05, 0.1) is 11.0 Å². The highest BCUT2D eigenvalue weighted by Crippen LogP contribution is 2.34. The van der Waals surface area contributed by atoms with Crippen molar-refractivity contribution < 1.29 is 14.0 Å². The summed E-state index contributed by atoms with van der Waals surface area (Å²) in [6.07, 6.45) is 3.20. The minimum absolute atomic E-state index is 0.152. The van der Waals surface area contributed by atoms with Gasteiger partial charge in [-0.1, -0.05) is 30.0 Å². The van der Waals surface area contributed by atoms with Crippen LogP contribution in [0, 0.1) is 11.2 Å². The van der Waals surface area contributed by atoms with Crippen molar-refractivity contribution >= 4 is 40.6 Å². The quantitative estimate of drug-likeness (QED) is 0.0723. The first-order valence-corrected chi connectivity index (χ1v) is 15.2. The highest BCUT2D eigenvalue weighted by atomic mass is 32.2. The molecule has 0 saturated heterocycles. The molecule has 230 valence electrons. The zero-order chi connectivity index (χ0) is 31.8. The van der Waals surface area contributed by atoms with Crippen molar-refractivity contribution in [2.24, 2.45) is 11.5 Å². The summed E-state index contributed by atoms with van der Waals surface area (Å²) < 4.78 is 15.3. The zero-order valence-electron chi connectivity index (χ0n) is 24.4. The number of carbonyl (C=O) groups is 2. The summed E-state index contributed by atoms with van der Waals surface area (Å²) in [5.41, 5.74) is 14.6. The van der Waals surface area contributed by atoms with Crippen molar-refractivity contribution in [3.05, 3.63) is 108 Å². The van der Waals surface area contributed by atoms with Crippen molar-refractivity contribution in [2.45, 2.75) is 35.1 Å². The van der Waals surface area contributed by atoms with Crippen molar-refractivity contribution in [1.82, 2.24) is 25.2 Å². The van der Waals surface area contributed by atoms with E-state index in [0.29, 0.717) is 54.8 Å². The zero-order valence-corrected chi connectivity index (χ0v) is 25.2. The number of fused-ring (bicyclic) bond motifs is 1.